The fraction of sp³-hybridized carbons (Fsp3) is 0.143. The van der Waals surface area contributed by atoms with Gasteiger partial charge in [-0.25, -0.2) is 4.98 Å². The van der Waals surface area contributed by atoms with Crippen LogP contribution in [-0.2, 0) is 12.3 Å². The highest BCUT2D eigenvalue weighted by molar-refractivity contribution is 7.98. The fourth-order valence-corrected chi connectivity index (χ4v) is 5.62. The summed E-state index contributed by atoms with van der Waals surface area (Å²) in [6.07, 6.45) is 1.75. The Morgan fingerprint density at radius 2 is 2.04 bits per heavy atom. The molecule has 0 atom stereocenters. The molecule has 27 heavy (non-hydrogen) atoms. The van der Waals surface area contributed by atoms with Crippen molar-refractivity contribution < 1.29 is 0 Å². The number of nitrogens with zero attached hydrogens (tertiary/aromatic N) is 2. The van der Waals surface area contributed by atoms with Gasteiger partial charge in [-0.05, 0) is 23.9 Å². The maximum atomic E-state index is 13.2. The van der Waals surface area contributed by atoms with Gasteiger partial charge in [0.05, 0.1) is 5.39 Å². The van der Waals surface area contributed by atoms with Crippen LogP contribution in [0.5, 0.6) is 0 Å². The van der Waals surface area contributed by atoms with Gasteiger partial charge < -0.3 is 0 Å². The Labute approximate surface area is 170 Å². The summed E-state index contributed by atoms with van der Waals surface area (Å²) in [5.41, 5.74) is 3.45. The molecule has 3 nitrogen and oxygen atoms in total. The Morgan fingerprint density at radius 1 is 1.22 bits per heavy atom. The summed E-state index contributed by atoms with van der Waals surface area (Å²) in [5, 5.41) is 5.52. The zero-order chi connectivity index (χ0) is 18.8. The summed E-state index contributed by atoms with van der Waals surface area (Å²) in [5.74, 6) is 0.776. The number of rotatable bonds is 6. The summed E-state index contributed by atoms with van der Waals surface area (Å²) < 4.78 is 1.73. The summed E-state index contributed by atoms with van der Waals surface area (Å²) in [4.78, 5) is 20.0. The molecule has 0 amide bonds. The Kier molecular flexibility index (Phi) is 5.29. The minimum absolute atomic E-state index is 0.0101. The lowest BCUT2D eigenvalue weighted by Crippen LogP contribution is -2.22. The largest absolute Gasteiger partial charge is 0.283 e. The predicted molar refractivity (Wildman–Crippen MR) is 118 cm³/mol. The molecule has 136 valence electrons. The minimum atomic E-state index is 0.0101. The van der Waals surface area contributed by atoms with E-state index in [0.717, 1.165) is 26.2 Å². The zero-order valence-electron chi connectivity index (χ0n) is 14.8. The molecule has 0 radical (unpaired) electrons. The van der Waals surface area contributed by atoms with Gasteiger partial charge in [0.25, 0.3) is 5.56 Å². The SMILES string of the molecule is C=CCn1c(SCc2ccc(C)cc2)nc2scc(-c3cccs3)c2c1=O. The molecule has 0 bridgehead atoms. The normalized spacial score (nSPS) is 11.1. The van der Waals surface area contributed by atoms with Crippen LogP contribution in [0.15, 0.2) is 69.8 Å². The third-order valence-electron chi connectivity index (χ3n) is 4.25. The van der Waals surface area contributed by atoms with Crippen LogP contribution >= 0.6 is 34.4 Å². The molecule has 0 unspecified atom stereocenters. The Balaban J connectivity index is 1.76. The van der Waals surface area contributed by atoms with E-state index in [-0.39, 0.29) is 5.56 Å². The first-order valence-electron chi connectivity index (χ1n) is 8.52. The first-order valence-corrected chi connectivity index (χ1v) is 11.3. The second kappa shape index (κ2) is 7.84. The van der Waals surface area contributed by atoms with Crippen molar-refractivity contribution in [3.8, 4) is 10.4 Å². The van der Waals surface area contributed by atoms with E-state index < -0.39 is 0 Å². The van der Waals surface area contributed by atoms with Gasteiger partial charge in [-0.2, -0.15) is 0 Å². The molecule has 6 heteroatoms. The Hall–Kier alpha value is -2.15. The molecule has 4 rings (SSSR count). The second-order valence-electron chi connectivity index (χ2n) is 6.18. The smallest absolute Gasteiger partial charge is 0.263 e. The summed E-state index contributed by atoms with van der Waals surface area (Å²) in [6.45, 7) is 6.35. The van der Waals surface area contributed by atoms with Crippen molar-refractivity contribution in [2.75, 3.05) is 0 Å². The lowest BCUT2D eigenvalue weighted by molar-refractivity contribution is 0.673. The number of hydrogen-bond acceptors (Lipinski definition) is 5. The third-order valence-corrected chi connectivity index (χ3v) is 7.07. The van der Waals surface area contributed by atoms with E-state index in [4.69, 9.17) is 4.98 Å². The molecule has 0 N–H and O–H groups in total. The number of thiophene rings is 2. The van der Waals surface area contributed by atoms with Crippen LogP contribution in [0.2, 0.25) is 0 Å². The molecule has 4 aromatic rings. The topological polar surface area (TPSA) is 34.9 Å². The van der Waals surface area contributed by atoms with Crippen molar-refractivity contribution in [1.29, 1.82) is 0 Å². The lowest BCUT2D eigenvalue weighted by Gasteiger charge is -2.10. The predicted octanol–water partition coefficient (Wildman–Crippen LogP) is 5.97. The summed E-state index contributed by atoms with van der Waals surface area (Å²) in [6, 6.07) is 12.5. The molecular formula is C21H18N2OS3. The van der Waals surface area contributed by atoms with Gasteiger partial charge in [0.15, 0.2) is 5.16 Å². The minimum Gasteiger partial charge on any atom is -0.283 e. The van der Waals surface area contributed by atoms with E-state index in [1.54, 1.807) is 33.7 Å². The van der Waals surface area contributed by atoms with Gasteiger partial charge in [-0.3, -0.25) is 9.36 Å². The number of fused-ring (bicyclic) bond motifs is 1. The molecule has 3 aromatic heterocycles. The number of allylic oxidation sites excluding steroid dienone is 1. The van der Waals surface area contributed by atoms with E-state index in [1.165, 1.54) is 22.5 Å². The molecule has 0 aliphatic rings. The van der Waals surface area contributed by atoms with Crippen molar-refractivity contribution in [2.24, 2.45) is 0 Å². The maximum absolute atomic E-state index is 13.2. The highest BCUT2D eigenvalue weighted by Gasteiger charge is 2.17. The molecular weight excluding hydrogens is 392 g/mol. The first-order chi connectivity index (χ1) is 13.2. The molecule has 0 saturated carbocycles. The van der Waals surface area contributed by atoms with Gasteiger partial charge >= 0.3 is 0 Å². The van der Waals surface area contributed by atoms with Crippen molar-refractivity contribution in [2.45, 2.75) is 24.4 Å². The maximum Gasteiger partial charge on any atom is 0.263 e. The molecule has 0 aliphatic heterocycles. The number of thioether (sulfide) groups is 1. The fourth-order valence-electron chi connectivity index (χ4n) is 2.85. The Morgan fingerprint density at radius 3 is 2.74 bits per heavy atom. The Bertz CT molecular complexity index is 1140. The van der Waals surface area contributed by atoms with Crippen molar-refractivity contribution in [1.82, 2.24) is 9.55 Å². The number of hydrogen-bond donors (Lipinski definition) is 0. The van der Waals surface area contributed by atoms with E-state index >= 15 is 0 Å². The van der Waals surface area contributed by atoms with Gasteiger partial charge in [0.1, 0.15) is 4.83 Å². The van der Waals surface area contributed by atoms with Gasteiger partial charge in [-0.1, -0.05) is 53.7 Å². The zero-order valence-corrected chi connectivity index (χ0v) is 17.3. The van der Waals surface area contributed by atoms with Crippen LogP contribution in [0.25, 0.3) is 20.7 Å². The standard InChI is InChI=1S/C21H18N2OS3/c1-3-10-23-20(24)18-16(17-5-4-11-25-17)13-26-19(18)22-21(23)27-12-15-8-6-14(2)7-9-15/h3-9,11,13H,1,10,12H2,2H3. The van der Waals surface area contributed by atoms with Crippen LogP contribution in [0.1, 0.15) is 11.1 Å². The molecule has 0 aliphatic carbocycles. The van der Waals surface area contributed by atoms with Gasteiger partial charge in [0.2, 0.25) is 0 Å². The molecule has 0 fully saturated rings. The number of aryl methyl sites for hydroxylation is 1. The van der Waals surface area contributed by atoms with Crippen molar-refractivity contribution in [3.05, 3.63) is 81.3 Å². The van der Waals surface area contributed by atoms with Crippen molar-refractivity contribution in [3.63, 3.8) is 0 Å². The molecule has 0 saturated heterocycles. The van der Waals surface area contributed by atoms with Crippen LogP contribution in [0.4, 0.5) is 0 Å². The number of benzene rings is 1. The highest BCUT2D eigenvalue weighted by atomic mass is 32.2. The molecule has 1 aromatic carbocycles. The van der Waals surface area contributed by atoms with Gasteiger partial charge in [-0.15, -0.1) is 29.3 Å². The van der Waals surface area contributed by atoms with E-state index in [9.17, 15) is 4.79 Å². The van der Waals surface area contributed by atoms with Crippen molar-refractivity contribution >= 4 is 44.7 Å². The lowest BCUT2D eigenvalue weighted by atomic mass is 10.2. The van der Waals surface area contributed by atoms with Crippen LogP contribution in [0.3, 0.4) is 0 Å². The van der Waals surface area contributed by atoms with Gasteiger partial charge in [0, 0.05) is 28.1 Å². The second-order valence-corrected chi connectivity index (χ2v) is 8.93. The summed E-state index contributed by atoms with van der Waals surface area (Å²) >= 11 is 4.77. The monoisotopic (exact) mass is 410 g/mol. The van der Waals surface area contributed by atoms with Crippen LogP contribution in [0, 0.1) is 6.92 Å². The first kappa shape index (κ1) is 18.2. The van der Waals surface area contributed by atoms with Crippen LogP contribution in [-0.4, -0.2) is 9.55 Å². The molecule has 3 heterocycles. The van der Waals surface area contributed by atoms with E-state index in [2.05, 4.69) is 37.8 Å². The third kappa shape index (κ3) is 3.65. The quantitative estimate of drug-likeness (QED) is 0.223. The average Bonchev–Trinajstić information content (AvgIpc) is 3.33. The van der Waals surface area contributed by atoms with E-state index in [0.29, 0.717) is 11.9 Å². The van der Waals surface area contributed by atoms with Crippen LogP contribution < -0.4 is 5.56 Å². The molecule has 0 spiro atoms. The highest BCUT2D eigenvalue weighted by Crippen LogP contribution is 2.34. The van der Waals surface area contributed by atoms with E-state index in [1.807, 2.05) is 22.9 Å². The average molecular weight is 411 g/mol. The number of aromatic nitrogens is 2. The summed E-state index contributed by atoms with van der Waals surface area (Å²) in [7, 11) is 0.